The molecule has 1 N–H and O–H groups in total. The van der Waals surface area contributed by atoms with Crippen molar-refractivity contribution in [3.05, 3.63) is 182 Å². The quantitative estimate of drug-likeness (QED) is 0.0373. The third-order valence-electron chi connectivity index (χ3n) is 16.7. The number of carbonyl (C=O) groups is 2. The molecule has 1 unspecified atom stereocenters. The van der Waals surface area contributed by atoms with Gasteiger partial charge in [-0.25, -0.2) is 0 Å². The van der Waals surface area contributed by atoms with Gasteiger partial charge in [0.15, 0.2) is 6.10 Å². The molecule has 0 radical (unpaired) electrons. The van der Waals surface area contributed by atoms with E-state index >= 15 is 0 Å². The zero-order valence-corrected chi connectivity index (χ0v) is 61.2. The first-order chi connectivity index (χ1) is 46.6. The van der Waals surface area contributed by atoms with Crippen molar-refractivity contribution >= 4 is 11.9 Å². The van der Waals surface area contributed by atoms with Gasteiger partial charge < -0.3 is 14.6 Å². The Kier molecular flexibility index (Phi) is 77.9. The minimum atomic E-state index is -0.799. The Morgan fingerprint density at radius 1 is 0.255 bits per heavy atom. The normalized spacial score (nSPS) is 13.3. The van der Waals surface area contributed by atoms with Crippen LogP contribution in [0, 0.1) is 0 Å². The number of hydrogen-bond donors (Lipinski definition) is 1. The van der Waals surface area contributed by atoms with E-state index < -0.39 is 6.10 Å². The van der Waals surface area contributed by atoms with Gasteiger partial charge in [-0.1, -0.05) is 376 Å². The molecule has 1 atom stereocenters. The summed E-state index contributed by atoms with van der Waals surface area (Å²) < 4.78 is 10.8. The van der Waals surface area contributed by atoms with Crippen LogP contribution in [-0.2, 0) is 19.1 Å². The summed E-state index contributed by atoms with van der Waals surface area (Å²) in [5, 5.41) is 9.72. The van der Waals surface area contributed by atoms with Gasteiger partial charge >= 0.3 is 11.9 Å². The minimum Gasteiger partial charge on any atom is -0.462 e. The molecule has 0 saturated heterocycles. The summed E-state index contributed by atoms with van der Waals surface area (Å²) >= 11 is 0. The first kappa shape index (κ1) is 89.0. The summed E-state index contributed by atoms with van der Waals surface area (Å²) in [7, 11) is 0. The van der Waals surface area contributed by atoms with E-state index in [2.05, 4.69) is 196 Å². The third-order valence-corrected chi connectivity index (χ3v) is 16.7. The average Bonchev–Trinajstić information content (AvgIpc) is 3.77. The Bertz CT molecular complexity index is 2060. The lowest BCUT2D eigenvalue weighted by Gasteiger charge is -2.15. The van der Waals surface area contributed by atoms with Crippen LogP contribution in [-0.4, -0.2) is 36.4 Å². The fraction of sp³-hybridized carbons (Fsp3) is 0.640. The van der Waals surface area contributed by atoms with Gasteiger partial charge in [0.25, 0.3) is 0 Å². The van der Waals surface area contributed by atoms with Crippen LogP contribution in [0.2, 0.25) is 0 Å². The molecule has 0 amide bonds. The number of hydrogen-bond acceptors (Lipinski definition) is 5. The van der Waals surface area contributed by atoms with Gasteiger partial charge in [0.1, 0.15) is 6.61 Å². The second-order valence-corrected chi connectivity index (χ2v) is 25.7. The SMILES string of the molecule is CC/C=C\C/C=C\C/C=C\C/C=C\C/C=C\C/C=C\C/C=C\C/C=C\C/C=C\C/C=C\C/C=C\C/C=C\CCCCCCC(=O)OC(CO)COC(=O)CCCCCCCCCCCCCCCCCCCCCCCCCC/C=C\C/C=C\C/C=C\CCCCCCC. The van der Waals surface area contributed by atoms with Crippen LogP contribution in [0.5, 0.6) is 0 Å². The van der Waals surface area contributed by atoms with Crippen LogP contribution < -0.4 is 0 Å². The number of esters is 2. The Labute approximate surface area is 582 Å². The highest BCUT2D eigenvalue weighted by molar-refractivity contribution is 5.70. The Morgan fingerprint density at radius 3 is 0.691 bits per heavy atom. The number of unbranched alkanes of at least 4 members (excludes halogenated alkanes) is 33. The fourth-order valence-electron chi connectivity index (χ4n) is 10.8. The maximum absolute atomic E-state index is 12.4. The van der Waals surface area contributed by atoms with E-state index in [1.807, 2.05) is 0 Å². The highest BCUT2D eigenvalue weighted by Crippen LogP contribution is 2.17. The highest BCUT2D eigenvalue weighted by Gasteiger charge is 2.16. The minimum absolute atomic E-state index is 0.0836. The Balaban J connectivity index is 3.55. The zero-order valence-electron chi connectivity index (χ0n) is 61.2. The van der Waals surface area contributed by atoms with Gasteiger partial charge in [-0.2, -0.15) is 0 Å². The number of ether oxygens (including phenoxy) is 2. The van der Waals surface area contributed by atoms with Crippen LogP contribution in [0.4, 0.5) is 0 Å². The van der Waals surface area contributed by atoms with Gasteiger partial charge in [0.05, 0.1) is 6.61 Å². The average molecular weight is 1300 g/mol. The molecule has 0 spiro atoms. The first-order valence-corrected chi connectivity index (χ1v) is 39.3. The number of aliphatic hydroxyl groups is 1. The van der Waals surface area contributed by atoms with Gasteiger partial charge in [-0.15, -0.1) is 0 Å². The van der Waals surface area contributed by atoms with E-state index in [0.29, 0.717) is 12.8 Å². The molecule has 0 aliphatic rings. The lowest BCUT2D eigenvalue weighted by atomic mass is 10.0. The van der Waals surface area contributed by atoms with Gasteiger partial charge in [0.2, 0.25) is 0 Å². The predicted molar refractivity (Wildman–Crippen MR) is 416 cm³/mol. The van der Waals surface area contributed by atoms with Gasteiger partial charge in [-0.3, -0.25) is 9.59 Å². The summed E-state index contributed by atoms with van der Waals surface area (Å²) in [6, 6.07) is 0. The standard InChI is InChI=1S/C89H146O5/c1-3-5-7-9-11-13-15-17-19-21-23-25-27-29-31-33-35-37-39-41-43-44-46-48-50-52-54-56-58-60-62-64-66-68-70-72-74-76-78-80-82-84-89(92)94-87(85-90)86-93-88(91)83-81-79-77-75-73-71-69-67-65-63-61-59-57-55-53-51-49-47-45-42-40-38-36-34-32-30-28-26-24-22-20-18-16-14-12-10-8-6-4-2/h5,7,11,13,16-19,22-25,28-31,35,37,41,43,46,48,52,54,58,60,64,66,70,72,87,90H,3-4,6,8-10,12,14-15,20-21,26-27,32-34,36,38-40,42,44-45,47,49-51,53,55-57,59,61-63,65,67-69,71,73-86H2,1-2H3/b7-5-,13-11-,18-16-,19-17-,24-22-,25-23-,30-28-,31-29-,37-35-,43-41-,48-46-,54-52-,60-58-,66-64-,72-70-. The maximum Gasteiger partial charge on any atom is 0.306 e. The number of allylic oxidation sites excluding steroid dienone is 30. The molecule has 5 nitrogen and oxygen atoms in total. The van der Waals surface area contributed by atoms with Crippen LogP contribution in [0.25, 0.3) is 0 Å². The van der Waals surface area contributed by atoms with E-state index in [1.54, 1.807) is 0 Å². The molecule has 0 aromatic rings. The Hall–Kier alpha value is -5.00. The molecule has 0 rings (SSSR count). The lowest BCUT2D eigenvalue weighted by molar-refractivity contribution is -0.161. The monoisotopic (exact) mass is 1300 g/mol. The summed E-state index contributed by atoms with van der Waals surface area (Å²) in [6.07, 6.45) is 128. The fourth-order valence-corrected chi connectivity index (χ4v) is 10.8. The second-order valence-electron chi connectivity index (χ2n) is 25.7. The van der Waals surface area contributed by atoms with E-state index in [4.69, 9.17) is 9.47 Å². The van der Waals surface area contributed by atoms with E-state index in [-0.39, 0.29) is 25.2 Å². The molecule has 0 saturated carbocycles. The molecule has 0 aliphatic carbocycles. The first-order valence-electron chi connectivity index (χ1n) is 39.3. The summed E-state index contributed by atoms with van der Waals surface area (Å²) in [5.41, 5.74) is 0. The molecule has 0 aromatic carbocycles. The van der Waals surface area contributed by atoms with Crippen molar-refractivity contribution in [2.24, 2.45) is 0 Å². The van der Waals surface area contributed by atoms with Gasteiger partial charge in [-0.05, 0) is 141 Å². The van der Waals surface area contributed by atoms with Crippen molar-refractivity contribution < 1.29 is 24.2 Å². The van der Waals surface area contributed by atoms with Crippen molar-refractivity contribution in [1.29, 1.82) is 0 Å². The highest BCUT2D eigenvalue weighted by atomic mass is 16.6. The van der Waals surface area contributed by atoms with Crippen LogP contribution >= 0.6 is 0 Å². The van der Waals surface area contributed by atoms with Crippen molar-refractivity contribution in [2.45, 2.75) is 354 Å². The van der Waals surface area contributed by atoms with Gasteiger partial charge in [0, 0.05) is 12.8 Å². The molecule has 0 bridgehead atoms. The number of carbonyl (C=O) groups excluding carboxylic acids is 2. The third kappa shape index (κ3) is 79.4. The van der Waals surface area contributed by atoms with Crippen LogP contribution in [0.3, 0.4) is 0 Å². The van der Waals surface area contributed by atoms with Crippen LogP contribution in [0.15, 0.2) is 182 Å². The number of rotatable bonds is 71. The maximum atomic E-state index is 12.4. The van der Waals surface area contributed by atoms with E-state index in [0.717, 1.165) is 141 Å². The topological polar surface area (TPSA) is 72.8 Å². The molecule has 0 aliphatic heterocycles. The summed E-state index contributed by atoms with van der Waals surface area (Å²) in [6.45, 7) is 4.01. The van der Waals surface area contributed by atoms with E-state index in [9.17, 15) is 14.7 Å². The second kappa shape index (κ2) is 82.2. The molecule has 0 heterocycles. The molecule has 5 heteroatoms. The zero-order chi connectivity index (χ0) is 67.5. The van der Waals surface area contributed by atoms with Crippen molar-refractivity contribution in [2.75, 3.05) is 13.2 Å². The summed E-state index contributed by atoms with van der Waals surface area (Å²) in [4.78, 5) is 24.7. The number of aliphatic hydroxyl groups excluding tert-OH is 1. The molecule has 0 aromatic heterocycles. The predicted octanol–water partition coefficient (Wildman–Crippen LogP) is 28.1. The van der Waals surface area contributed by atoms with Crippen molar-refractivity contribution in [3.63, 3.8) is 0 Å². The van der Waals surface area contributed by atoms with Crippen molar-refractivity contribution in [3.8, 4) is 0 Å². The van der Waals surface area contributed by atoms with E-state index in [1.165, 1.54) is 180 Å². The Morgan fingerprint density at radius 2 is 0.457 bits per heavy atom. The molecule has 0 fully saturated rings. The molecular weight excluding hydrogens is 1150 g/mol. The molecule has 532 valence electrons. The smallest absolute Gasteiger partial charge is 0.306 e. The van der Waals surface area contributed by atoms with Crippen LogP contribution in [0.1, 0.15) is 348 Å². The lowest BCUT2D eigenvalue weighted by Crippen LogP contribution is -2.28. The molecular formula is C89H146O5. The largest absolute Gasteiger partial charge is 0.462 e. The summed E-state index contributed by atoms with van der Waals surface area (Å²) in [5.74, 6) is -0.619. The molecule has 94 heavy (non-hydrogen) atoms. The van der Waals surface area contributed by atoms with Crippen molar-refractivity contribution in [1.82, 2.24) is 0 Å².